The van der Waals surface area contributed by atoms with E-state index in [4.69, 9.17) is 5.73 Å². The van der Waals surface area contributed by atoms with Crippen molar-refractivity contribution in [3.05, 3.63) is 95.6 Å². The largest absolute Gasteiger partial charge is 0.508 e. The highest BCUT2D eigenvalue weighted by molar-refractivity contribution is 5.47. The molecule has 0 saturated carbocycles. The van der Waals surface area contributed by atoms with Crippen LogP contribution in [0.2, 0.25) is 0 Å². The van der Waals surface area contributed by atoms with Gasteiger partial charge in [-0.1, -0.05) is 60.7 Å². The van der Waals surface area contributed by atoms with Crippen molar-refractivity contribution in [3.63, 3.8) is 0 Å². The first-order valence-electron chi connectivity index (χ1n) is 8.08. The van der Waals surface area contributed by atoms with Crippen molar-refractivity contribution >= 4 is 5.69 Å². The lowest BCUT2D eigenvalue weighted by Gasteiger charge is -2.23. The Kier molecular flexibility index (Phi) is 5.14. The Morgan fingerprint density at radius 2 is 1.25 bits per heavy atom. The zero-order valence-corrected chi connectivity index (χ0v) is 13.6. The number of aromatic hydroxyl groups is 1. The van der Waals surface area contributed by atoms with Crippen LogP contribution in [0.15, 0.2) is 78.9 Å². The van der Waals surface area contributed by atoms with Crippen molar-refractivity contribution in [1.82, 2.24) is 4.90 Å². The molecule has 0 spiro atoms. The maximum Gasteiger partial charge on any atom is 0.120 e. The average molecular weight is 318 g/mol. The molecule has 0 heterocycles. The normalized spacial score (nSPS) is 10.9. The Labute approximate surface area is 143 Å². The second kappa shape index (κ2) is 7.66. The molecular weight excluding hydrogens is 296 g/mol. The molecule has 3 rings (SSSR count). The van der Waals surface area contributed by atoms with Gasteiger partial charge in [0, 0.05) is 30.9 Å². The summed E-state index contributed by atoms with van der Waals surface area (Å²) >= 11 is 0. The minimum Gasteiger partial charge on any atom is -0.508 e. The van der Waals surface area contributed by atoms with Crippen LogP contribution in [0.25, 0.3) is 0 Å². The number of benzene rings is 3. The predicted molar refractivity (Wildman–Crippen MR) is 98.4 cm³/mol. The molecule has 3 nitrogen and oxygen atoms in total. The van der Waals surface area contributed by atoms with Gasteiger partial charge in [0.1, 0.15) is 5.75 Å². The van der Waals surface area contributed by atoms with Crippen LogP contribution in [0.5, 0.6) is 5.75 Å². The van der Waals surface area contributed by atoms with Crippen molar-refractivity contribution in [2.24, 2.45) is 0 Å². The molecule has 3 heteroatoms. The van der Waals surface area contributed by atoms with E-state index in [9.17, 15) is 5.11 Å². The van der Waals surface area contributed by atoms with Crippen LogP contribution < -0.4 is 5.73 Å². The molecule has 3 aromatic rings. The summed E-state index contributed by atoms with van der Waals surface area (Å²) in [7, 11) is 0. The number of nitrogen functional groups attached to an aromatic ring is 1. The van der Waals surface area contributed by atoms with E-state index in [1.807, 2.05) is 42.5 Å². The summed E-state index contributed by atoms with van der Waals surface area (Å²) in [5, 5.41) is 10.1. The van der Waals surface area contributed by atoms with Gasteiger partial charge in [-0.3, -0.25) is 4.90 Å². The van der Waals surface area contributed by atoms with Gasteiger partial charge in [-0.15, -0.1) is 0 Å². The molecule has 0 aliphatic rings. The Morgan fingerprint density at radius 1 is 0.708 bits per heavy atom. The first-order valence-corrected chi connectivity index (χ1v) is 8.08. The fourth-order valence-corrected chi connectivity index (χ4v) is 2.82. The van der Waals surface area contributed by atoms with Gasteiger partial charge in [0.2, 0.25) is 0 Å². The third-order valence-corrected chi connectivity index (χ3v) is 4.00. The van der Waals surface area contributed by atoms with Crippen LogP contribution in [0.1, 0.15) is 16.7 Å². The highest BCUT2D eigenvalue weighted by Gasteiger charge is 2.11. The Bertz CT molecular complexity index is 731. The summed E-state index contributed by atoms with van der Waals surface area (Å²) in [6.07, 6.45) is 0. The van der Waals surface area contributed by atoms with Crippen LogP contribution in [0.4, 0.5) is 5.69 Å². The van der Waals surface area contributed by atoms with Gasteiger partial charge in [-0.2, -0.15) is 0 Å². The molecule has 0 aliphatic carbocycles. The van der Waals surface area contributed by atoms with Gasteiger partial charge in [0.05, 0.1) is 0 Å². The molecule has 3 N–H and O–H groups in total. The Balaban J connectivity index is 1.82. The number of hydrogen-bond donors (Lipinski definition) is 2. The summed E-state index contributed by atoms with van der Waals surface area (Å²) in [5.74, 6) is 0.287. The zero-order valence-electron chi connectivity index (χ0n) is 13.6. The molecule has 0 aliphatic heterocycles. The molecule has 0 amide bonds. The highest BCUT2D eigenvalue weighted by Crippen LogP contribution is 2.23. The quantitative estimate of drug-likeness (QED) is 0.529. The van der Waals surface area contributed by atoms with E-state index in [1.165, 1.54) is 11.1 Å². The minimum absolute atomic E-state index is 0.287. The van der Waals surface area contributed by atoms with Crippen LogP contribution in [-0.2, 0) is 19.6 Å². The minimum atomic E-state index is 0.287. The number of rotatable bonds is 6. The molecular formula is C21H22N2O. The van der Waals surface area contributed by atoms with Crippen molar-refractivity contribution in [1.29, 1.82) is 0 Å². The van der Waals surface area contributed by atoms with Gasteiger partial charge in [0.25, 0.3) is 0 Å². The SMILES string of the molecule is Nc1ccc(O)c(CN(Cc2ccccc2)Cc2ccccc2)c1. The van der Waals surface area contributed by atoms with E-state index in [0.29, 0.717) is 12.2 Å². The smallest absolute Gasteiger partial charge is 0.120 e. The van der Waals surface area contributed by atoms with Gasteiger partial charge >= 0.3 is 0 Å². The molecule has 0 radical (unpaired) electrons. The third-order valence-electron chi connectivity index (χ3n) is 4.00. The number of anilines is 1. The van der Waals surface area contributed by atoms with Crippen molar-refractivity contribution < 1.29 is 5.11 Å². The summed E-state index contributed by atoms with van der Waals surface area (Å²) in [6, 6.07) is 26.0. The number of phenolic OH excluding ortho intramolecular Hbond substituents is 1. The maximum absolute atomic E-state index is 10.1. The molecule has 0 unspecified atom stereocenters. The molecule has 3 aromatic carbocycles. The second-order valence-electron chi connectivity index (χ2n) is 6.00. The zero-order chi connectivity index (χ0) is 16.8. The van der Waals surface area contributed by atoms with E-state index < -0.39 is 0 Å². The number of nitrogens with two attached hydrogens (primary N) is 1. The lowest BCUT2D eigenvalue weighted by atomic mass is 10.1. The van der Waals surface area contributed by atoms with Gasteiger partial charge in [0.15, 0.2) is 0 Å². The molecule has 0 bridgehead atoms. The predicted octanol–water partition coefficient (Wildman–Crippen LogP) is 4.18. The van der Waals surface area contributed by atoms with E-state index in [2.05, 4.69) is 29.2 Å². The summed E-state index contributed by atoms with van der Waals surface area (Å²) < 4.78 is 0. The number of phenols is 1. The fraction of sp³-hybridized carbons (Fsp3) is 0.143. The second-order valence-corrected chi connectivity index (χ2v) is 6.00. The van der Waals surface area contributed by atoms with Crippen molar-refractivity contribution in [2.75, 3.05) is 5.73 Å². The first-order chi connectivity index (χ1) is 11.7. The van der Waals surface area contributed by atoms with Gasteiger partial charge < -0.3 is 10.8 Å². The summed E-state index contributed by atoms with van der Waals surface area (Å²) in [4.78, 5) is 2.30. The van der Waals surface area contributed by atoms with Gasteiger partial charge in [-0.05, 0) is 29.3 Å². The molecule has 0 saturated heterocycles. The monoisotopic (exact) mass is 318 g/mol. The Morgan fingerprint density at radius 3 is 1.79 bits per heavy atom. The Hall–Kier alpha value is -2.78. The van der Waals surface area contributed by atoms with Crippen LogP contribution in [-0.4, -0.2) is 10.0 Å². The third kappa shape index (κ3) is 4.37. The van der Waals surface area contributed by atoms with E-state index >= 15 is 0 Å². The molecule has 24 heavy (non-hydrogen) atoms. The van der Waals surface area contributed by atoms with Crippen molar-refractivity contribution in [2.45, 2.75) is 19.6 Å². The molecule has 0 aromatic heterocycles. The first kappa shape index (κ1) is 16.1. The van der Waals surface area contributed by atoms with Gasteiger partial charge in [-0.25, -0.2) is 0 Å². The van der Waals surface area contributed by atoms with Crippen molar-refractivity contribution in [3.8, 4) is 5.75 Å². The topological polar surface area (TPSA) is 49.5 Å². The fourth-order valence-electron chi connectivity index (χ4n) is 2.82. The van der Waals surface area contributed by atoms with E-state index in [-0.39, 0.29) is 5.75 Å². The maximum atomic E-state index is 10.1. The van der Waals surface area contributed by atoms with E-state index in [0.717, 1.165) is 18.7 Å². The summed E-state index contributed by atoms with van der Waals surface area (Å²) in [5.41, 5.74) is 9.89. The molecule has 0 atom stereocenters. The van der Waals surface area contributed by atoms with E-state index in [1.54, 1.807) is 12.1 Å². The molecule has 122 valence electrons. The van der Waals surface area contributed by atoms with Crippen LogP contribution in [0, 0.1) is 0 Å². The highest BCUT2D eigenvalue weighted by atomic mass is 16.3. The standard InChI is InChI=1S/C21H22N2O/c22-20-11-12-21(24)19(13-20)16-23(14-17-7-3-1-4-8-17)15-18-9-5-2-6-10-18/h1-13,24H,14-16,22H2. The summed E-state index contributed by atoms with van der Waals surface area (Å²) in [6.45, 7) is 2.26. The average Bonchev–Trinajstić information content (AvgIpc) is 2.60. The number of hydrogen-bond acceptors (Lipinski definition) is 3. The lowest BCUT2D eigenvalue weighted by Crippen LogP contribution is -2.22. The van der Waals surface area contributed by atoms with Crippen LogP contribution in [0.3, 0.4) is 0 Å². The van der Waals surface area contributed by atoms with Crippen LogP contribution >= 0.6 is 0 Å². The lowest BCUT2D eigenvalue weighted by molar-refractivity contribution is 0.244. The number of nitrogens with zero attached hydrogens (tertiary/aromatic N) is 1. The molecule has 0 fully saturated rings.